The van der Waals surface area contributed by atoms with Crippen LogP contribution in [0.15, 0.2) is 18.2 Å². The van der Waals surface area contributed by atoms with E-state index in [-0.39, 0.29) is 11.9 Å². The van der Waals surface area contributed by atoms with E-state index in [1.165, 1.54) is 11.1 Å². The van der Waals surface area contributed by atoms with Crippen LogP contribution in [0, 0.1) is 0 Å². The molecule has 19 heavy (non-hydrogen) atoms. The number of benzene rings is 1. The molecule has 0 aliphatic carbocycles. The number of amides is 3. The average Bonchev–Trinajstić information content (AvgIpc) is 2.43. The van der Waals surface area contributed by atoms with Crippen molar-refractivity contribution in [1.29, 1.82) is 0 Å². The minimum absolute atomic E-state index is 0.164. The predicted molar refractivity (Wildman–Crippen MR) is 74.3 cm³/mol. The maximum Gasteiger partial charge on any atom is 0.314 e. The van der Waals surface area contributed by atoms with E-state index in [9.17, 15) is 9.59 Å². The normalized spacial score (nSPS) is 14.0. The van der Waals surface area contributed by atoms with Crippen molar-refractivity contribution in [1.82, 2.24) is 10.6 Å². The van der Waals surface area contributed by atoms with Gasteiger partial charge in [0.05, 0.1) is 0 Å². The maximum atomic E-state index is 11.6. The van der Waals surface area contributed by atoms with Gasteiger partial charge in [-0.15, -0.1) is 0 Å². The number of nitrogens with one attached hydrogen (secondary N) is 2. The molecule has 0 atom stereocenters. The van der Waals surface area contributed by atoms with Gasteiger partial charge in [0.1, 0.15) is 0 Å². The van der Waals surface area contributed by atoms with Crippen LogP contribution >= 0.6 is 0 Å². The number of carbonyl (C=O) groups is 2. The summed E-state index contributed by atoms with van der Waals surface area (Å²) in [5, 5.41) is 5.28. The molecule has 1 aliphatic heterocycles. The Labute approximate surface area is 113 Å². The van der Waals surface area contributed by atoms with E-state index in [1.807, 2.05) is 19.2 Å². The molecular weight excluding hydrogens is 242 g/mol. The lowest BCUT2D eigenvalue weighted by molar-refractivity contribution is -0.118. The van der Waals surface area contributed by atoms with Gasteiger partial charge in [-0.3, -0.25) is 4.79 Å². The molecule has 1 heterocycles. The third-order valence-corrected chi connectivity index (χ3v) is 3.41. The van der Waals surface area contributed by atoms with E-state index in [0.29, 0.717) is 13.0 Å². The largest absolute Gasteiger partial charge is 0.341 e. The van der Waals surface area contributed by atoms with E-state index in [2.05, 4.69) is 16.7 Å². The summed E-state index contributed by atoms with van der Waals surface area (Å²) in [6.07, 6.45) is 2.16. The second kappa shape index (κ2) is 5.73. The number of hydrogen-bond acceptors (Lipinski definition) is 2. The van der Waals surface area contributed by atoms with Gasteiger partial charge in [-0.05, 0) is 30.0 Å². The molecule has 0 saturated heterocycles. The molecule has 1 aliphatic rings. The predicted octanol–water partition coefficient (Wildman–Crippen LogP) is 1.07. The lowest BCUT2D eigenvalue weighted by Gasteiger charge is -2.26. The van der Waals surface area contributed by atoms with Gasteiger partial charge in [0.15, 0.2) is 0 Å². The Bertz CT molecular complexity index is 499. The van der Waals surface area contributed by atoms with Gasteiger partial charge in [-0.2, -0.15) is 0 Å². The van der Waals surface area contributed by atoms with Crippen LogP contribution in [0.3, 0.4) is 0 Å². The summed E-state index contributed by atoms with van der Waals surface area (Å²) in [4.78, 5) is 24.4. The van der Waals surface area contributed by atoms with Gasteiger partial charge in [0, 0.05) is 32.7 Å². The number of nitrogens with zero attached hydrogens (tertiary/aromatic N) is 1. The van der Waals surface area contributed by atoms with Gasteiger partial charge in [-0.25, -0.2) is 4.79 Å². The maximum absolute atomic E-state index is 11.6. The molecule has 5 heteroatoms. The van der Waals surface area contributed by atoms with Gasteiger partial charge < -0.3 is 15.5 Å². The molecule has 0 spiro atoms. The SMILES string of the molecule is CNC(=O)NCCc1ccc2c(c1)CCC(=O)N2C. The Morgan fingerprint density at radius 3 is 2.89 bits per heavy atom. The van der Waals surface area contributed by atoms with E-state index >= 15 is 0 Å². The minimum atomic E-state index is -0.164. The fraction of sp³-hybridized carbons (Fsp3) is 0.429. The van der Waals surface area contributed by atoms with E-state index in [1.54, 1.807) is 11.9 Å². The lowest BCUT2D eigenvalue weighted by atomic mass is 9.98. The van der Waals surface area contributed by atoms with Crippen LogP contribution in [-0.2, 0) is 17.6 Å². The number of hydrogen-bond donors (Lipinski definition) is 2. The molecule has 0 saturated carbocycles. The first-order chi connectivity index (χ1) is 9.11. The highest BCUT2D eigenvalue weighted by molar-refractivity contribution is 5.95. The van der Waals surface area contributed by atoms with Gasteiger partial charge in [-0.1, -0.05) is 12.1 Å². The molecular formula is C14H19N3O2. The van der Waals surface area contributed by atoms with Crippen LogP contribution in [0.2, 0.25) is 0 Å². The highest BCUT2D eigenvalue weighted by atomic mass is 16.2. The average molecular weight is 261 g/mol. The number of carbonyl (C=O) groups excluding carboxylic acids is 2. The molecule has 3 amide bonds. The first kappa shape index (κ1) is 13.4. The summed E-state index contributed by atoms with van der Waals surface area (Å²) < 4.78 is 0. The summed E-state index contributed by atoms with van der Waals surface area (Å²) in [6, 6.07) is 5.97. The zero-order chi connectivity index (χ0) is 13.8. The van der Waals surface area contributed by atoms with Crippen molar-refractivity contribution >= 4 is 17.6 Å². The van der Waals surface area contributed by atoms with E-state index in [4.69, 9.17) is 0 Å². The summed E-state index contributed by atoms with van der Waals surface area (Å²) in [5.74, 6) is 0.168. The Morgan fingerprint density at radius 1 is 1.37 bits per heavy atom. The Kier molecular flexibility index (Phi) is 4.04. The lowest BCUT2D eigenvalue weighted by Crippen LogP contribution is -2.34. The molecule has 0 aromatic heterocycles. The number of anilines is 1. The summed E-state index contributed by atoms with van der Waals surface area (Å²) in [6.45, 7) is 0.604. The molecule has 0 unspecified atom stereocenters. The van der Waals surface area contributed by atoms with Crippen molar-refractivity contribution in [2.75, 3.05) is 25.5 Å². The fourth-order valence-corrected chi connectivity index (χ4v) is 2.27. The monoisotopic (exact) mass is 261 g/mol. The fourth-order valence-electron chi connectivity index (χ4n) is 2.27. The number of aryl methyl sites for hydroxylation is 1. The summed E-state index contributed by atoms with van der Waals surface area (Å²) in [7, 11) is 3.41. The highest BCUT2D eigenvalue weighted by Gasteiger charge is 2.20. The topological polar surface area (TPSA) is 61.4 Å². The van der Waals surface area contributed by atoms with E-state index < -0.39 is 0 Å². The third-order valence-electron chi connectivity index (χ3n) is 3.41. The van der Waals surface area contributed by atoms with Crippen LogP contribution in [0.5, 0.6) is 0 Å². The zero-order valence-corrected chi connectivity index (χ0v) is 11.3. The van der Waals surface area contributed by atoms with Gasteiger partial charge in [0.2, 0.25) is 5.91 Å². The first-order valence-corrected chi connectivity index (χ1v) is 6.45. The van der Waals surface area contributed by atoms with Crippen LogP contribution < -0.4 is 15.5 Å². The molecule has 0 radical (unpaired) electrons. The third kappa shape index (κ3) is 3.05. The molecule has 5 nitrogen and oxygen atoms in total. The van der Waals surface area contributed by atoms with Crippen molar-refractivity contribution in [3.05, 3.63) is 29.3 Å². The molecule has 1 aromatic carbocycles. The highest BCUT2D eigenvalue weighted by Crippen LogP contribution is 2.27. The molecule has 2 N–H and O–H groups in total. The molecule has 2 rings (SSSR count). The number of urea groups is 1. The smallest absolute Gasteiger partial charge is 0.314 e. The standard InChI is InChI=1S/C14H19N3O2/c1-15-14(19)16-8-7-10-3-5-12-11(9-10)4-6-13(18)17(12)2/h3,5,9H,4,6-8H2,1-2H3,(H2,15,16,19). The Hall–Kier alpha value is -2.04. The van der Waals surface area contributed by atoms with Crippen molar-refractivity contribution in [3.63, 3.8) is 0 Å². The minimum Gasteiger partial charge on any atom is -0.341 e. The van der Waals surface area contributed by atoms with Crippen LogP contribution in [-0.4, -0.2) is 32.6 Å². The number of fused-ring (bicyclic) bond motifs is 1. The van der Waals surface area contributed by atoms with Crippen molar-refractivity contribution in [2.45, 2.75) is 19.3 Å². The van der Waals surface area contributed by atoms with Crippen LogP contribution in [0.1, 0.15) is 17.5 Å². The second-order valence-corrected chi connectivity index (χ2v) is 4.67. The first-order valence-electron chi connectivity index (χ1n) is 6.45. The molecule has 1 aromatic rings. The van der Waals surface area contributed by atoms with Crippen molar-refractivity contribution in [2.24, 2.45) is 0 Å². The summed E-state index contributed by atoms with van der Waals surface area (Å²) in [5.41, 5.74) is 3.39. The number of rotatable bonds is 3. The molecule has 0 bridgehead atoms. The van der Waals surface area contributed by atoms with E-state index in [0.717, 1.165) is 18.5 Å². The quantitative estimate of drug-likeness (QED) is 0.855. The second-order valence-electron chi connectivity index (χ2n) is 4.67. The van der Waals surface area contributed by atoms with Crippen LogP contribution in [0.25, 0.3) is 0 Å². The van der Waals surface area contributed by atoms with Crippen LogP contribution in [0.4, 0.5) is 10.5 Å². The molecule has 0 fully saturated rings. The van der Waals surface area contributed by atoms with Gasteiger partial charge in [0.25, 0.3) is 0 Å². The Balaban J connectivity index is 2.01. The molecule has 102 valence electrons. The Morgan fingerprint density at radius 2 is 2.16 bits per heavy atom. The van der Waals surface area contributed by atoms with Gasteiger partial charge >= 0.3 is 6.03 Å². The van der Waals surface area contributed by atoms with Crippen molar-refractivity contribution in [3.8, 4) is 0 Å². The van der Waals surface area contributed by atoms with Crippen molar-refractivity contribution < 1.29 is 9.59 Å². The summed E-state index contributed by atoms with van der Waals surface area (Å²) >= 11 is 0. The zero-order valence-electron chi connectivity index (χ0n) is 11.3.